The second kappa shape index (κ2) is 5.87. The van der Waals surface area contributed by atoms with Crippen LogP contribution in [-0.2, 0) is 0 Å². The maximum Gasteiger partial charge on any atom is 0.263 e. The summed E-state index contributed by atoms with van der Waals surface area (Å²) in [7, 11) is 0. The maximum absolute atomic E-state index is 11.8. The molecule has 90 valence electrons. The van der Waals surface area contributed by atoms with Gasteiger partial charge in [-0.1, -0.05) is 11.6 Å². The SMILES string of the molecule is Cl.NCC(NC(=O)c1sccc1Cl)C1CC1. The lowest BCUT2D eigenvalue weighted by atomic mass is 10.2. The zero-order valence-corrected chi connectivity index (χ0v) is 11.0. The van der Waals surface area contributed by atoms with E-state index in [1.165, 1.54) is 24.2 Å². The molecule has 1 heterocycles. The van der Waals surface area contributed by atoms with Crippen LogP contribution in [0.15, 0.2) is 11.4 Å². The van der Waals surface area contributed by atoms with Crippen LogP contribution >= 0.6 is 35.3 Å². The lowest BCUT2D eigenvalue weighted by molar-refractivity contribution is 0.0938. The molecule has 0 radical (unpaired) electrons. The first kappa shape index (κ1) is 13.8. The van der Waals surface area contributed by atoms with Crippen molar-refractivity contribution in [2.75, 3.05) is 6.54 Å². The van der Waals surface area contributed by atoms with Crippen molar-refractivity contribution in [1.82, 2.24) is 5.32 Å². The molecule has 0 aliphatic heterocycles. The molecule has 3 nitrogen and oxygen atoms in total. The summed E-state index contributed by atoms with van der Waals surface area (Å²) in [6.45, 7) is 0.499. The van der Waals surface area contributed by atoms with Gasteiger partial charge in [0.1, 0.15) is 4.88 Å². The highest BCUT2D eigenvalue weighted by molar-refractivity contribution is 7.12. The van der Waals surface area contributed by atoms with Gasteiger partial charge >= 0.3 is 0 Å². The summed E-state index contributed by atoms with van der Waals surface area (Å²) in [5, 5.41) is 5.26. The molecule has 2 rings (SSSR count). The molecular formula is C10H14Cl2N2OS. The number of carbonyl (C=O) groups is 1. The number of halogens is 2. The second-order valence-corrected chi connectivity index (χ2v) is 5.07. The van der Waals surface area contributed by atoms with E-state index in [0.717, 1.165) is 0 Å². The zero-order valence-electron chi connectivity index (χ0n) is 8.61. The van der Waals surface area contributed by atoms with Crippen LogP contribution < -0.4 is 11.1 Å². The minimum Gasteiger partial charge on any atom is -0.347 e. The van der Waals surface area contributed by atoms with E-state index in [4.69, 9.17) is 17.3 Å². The van der Waals surface area contributed by atoms with Crippen LogP contribution in [0.4, 0.5) is 0 Å². The molecule has 1 aliphatic rings. The fourth-order valence-electron chi connectivity index (χ4n) is 1.56. The van der Waals surface area contributed by atoms with Crippen molar-refractivity contribution in [3.05, 3.63) is 21.3 Å². The number of carbonyl (C=O) groups excluding carboxylic acids is 1. The van der Waals surface area contributed by atoms with Gasteiger partial charge in [-0.3, -0.25) is 4.79 Å². The fourth-order valence-corrected chi connectivity index (χ4v) is 2.60. The molecule has 0 spiro atoms. The van der Waals surface area contributed by atoms with Gasteiger partial charge in [0, 0.05) is 12.6 Å². The second-order valence-electron chi connectivity index (χ2n) is 3.75. The number of nitrogens with two attached hydrogens (primary N) is 1. The van der Waals surface area contributed by atoms with Crippen LogP contribution in [0.5, 0.6) is 0 Å². The summed E-state index contributed by atoms with van der Waals surface area (Å²) in [5.74, 6) is 0.468. The minimum atomic E-state index is -0.0997. The molecule has 6 heteroatoms. The lowest BCUT2D eigenvalue weighted by Gasteiger charge is -2.15. The summed E-state index contributed by atoms with van der Waals surface area (Å²) in [5.41, 5.74) is 5.61. The molecule has 1 saturated carbocycles. The first-order valence-electron chi connectivity index (χ1n) is 4.96. The van der Waals surface area contributed by atoms with Crippen molar-refractivity contribution in [3.8, 4) is 0 Å². The molecule has 0 bridgehead atoms. The molecule has 1 amide bonds. The Labute approximate surface area is 110 Å². The fraction of sp³-hybridized carbons (Fsp3) is 0.500. The largest absolute Gasteiger partial charge is 0.347 e. The van der Waals surface area contributed by atoms with Crippen LogP contribution in [0.1, 0.15) is 22.5 Å². The Morgan fingerprint density at radius 2 is 2.38 bits per heavy atom. The highest BCUT2D eigenvalue weighted by Crippen LogP contribution is 2.32. The minimum absolute atomic E-state index is 0. The van der Waals surface area contributed by atoms with Gasteiger partial charge < -0.3 is 11.1 Å². The van der Waals surface area contributed by atoms with Gasteiger partial charge in [0.2, 0.25) is 0 Å². The summed E-state index contributed by atoms with van der Waals surface area (Å²) in [6.07, 6.45) is 2.33. The Kier molecular flexibility index (Phi) is 5.05. The number of rotatable bonds is 4. The van der Waals surface area contributed by atoms with E-state index >= 15 is 0 Å². The molecular weight excluding hydrogens is 267 g/mol. The first-order valence-corrected chi connectivity index (χ1v) is 6.22. The molecule has 1 aliphatic carbocycles. The van der Waals surface area contributed by atoms with Gasteiger partial charge in [0.05, 0.1) is 5.02 Å². The van der Waals surface area contributed by atoms with Crippen molar-refractivity contribution in [2.24, 2.45) is 11.7 Å². The van der Waals surface area contributed by atoms with Crippen LogP contribution in [-0.4, -0.2) is 18.5 Å². The highest BCUT2D eigenvalue weighted by atomic mass is 35.5. The molecule has 0 saturated heterocycles. The maximum atomic E-state index is 11.8. The van der Waals surface area contributed by atoms with E-state index in [9.17, 15) is 4.79 Å². The van der Waals surface area contributed by atoms with E-state index in [1.807, 2.05) is 5.38 Å². The Morgan fingerprint density at radius 1 is 1.69 bits per heavy atom. The van der Waals surface area contributed by atoms with E-state index in [-0.39, 0.29) is 24.4 Å². The Hall–Kier alpha value is -0.290. The average molecular weight is 281 g/mol. The van der Waals surface area contributed by atoms with Crippen LogP contribution in [0, 0.1) is 5.92 Å². The molecule has 1 aromatic heterocycles. The number of nitrogens with one attached hydrogen (secondary N) is 1. The molecule has 16 heavy (non-hydrogen) atoms. The van der Waals surface area contributed by atoms with E-state index in [1.54, 1.807) is 6.07 Å². The Balaban J connectivity index is 0.00000128. The molecule has 0 aromatic carbocycles. The topological polar surface area (TPSA) is 55.1 Å². The molecule has 1 unspecified atom stereocenters. The van der Waals surface area contributed by atoms with Gasteiger partial charge in [-0.15, -0.1) is 23.7 Å². The molecule has 1 atom stereocenters. The van der Waals surface area contributed by atoms with Gasteiger partial charge in [0.15, 0.2) is 0 Å². The van der Waals surface area contributed by atoms with Crippen molar-refractivity contribution >= 4 is 41.3 Å². The average Bonchev–Trinajstić information content (AvgIpc) is 2.97. The molecule has 1 fully saturated rings. The standard InChI is InChI=1S/C10H13ClN2OS.ClH/c11-7-3-4-15-9(7)10(14)13-8(5-12)6-1-2-6;/h3-4,6,8H,1-2,5,12H2,(H,13,14);1H. The highest BCUT2D eigenvalue weighted by Gasteiger charge is 2.31. The number of hydrogen-bond acceptors (Lipinski definition) is 3. The summed E-state index contributed by atoms with van der Waals surface area (Å²) < 4.78 is 0. The van der Waals surface area contributed by atoms with E-state index in [2.05, 4.69) is 5.32 Å². The smallest absolute Gasteiger partial charge is 0.263 e. The molecule has 1 aromatic rings. The van der Waals surface area contributed by atoms with E-state index in [0.29, 0.717) is 22.4 Å². The van der Waals surface area contributed by atoms with Gasteiger partial charge in [-0.2, -0.15) is 0 Å². The Bertz CT molecular complexity index is 365. The third-order valence-corrected chi connectivity index (χ3v) is 3.93. The number of hydrogen-bond donors (Lipinski definition) is 2. The van der Waals surface area contributed by atoms with Gasteiger partial charge in [0.25, 0.3) is 5.91 Å². The number of thiophene rings is 1. The monoisotopic (exact) mass is 280 g/mol. The van der Waals surface area contributed by atoms with Crippen molar-refractivity contribution in [2.45, 2.75) is 18.9 Å². The Morgan fingerprint density at radius 3 is 2.81 bits per heavy atom. The summed E-state index contributed by atoms with van der Waals surface area (Å²) >= 11 is 7.23. The third kappa shape index (κ3) is 3.10. The quantitative estimate of drug-likeness (QED) is 0.889. The summed E-state index contributed by atoms with van der Waals surface area (Å²) in [6, 6.07) is 1.84. The van der Waals surface area contributed by atoms with Crippen LogP contribution in [0.2, 0.25) is 5.02 Å². The van der Waals surface area contributed by atoms with Crippen molar-refractivity contribution in [3.63, 3.8) is 0 Å². The van der Waals surface area contributed by atoms with Gasteiger partial charge in [-0.25, -0.2) is 0 Å². The van der Waals surface area contributed by atoms with Crippen LogP contribution in [0.3, 0.4) is 0 Å². The predicted octanol–water partition coefficient (Wildman–Crippen LogP) is 2.29. The lowest BCUT2D eigenvalue weighted by Crippen LogP contribution is -2.41. The third-order valence-electron chi connectivity index (χ3n) is 2.58. The zero-order chi connectivity index (χ0) is 10.8. The van der Waals surface area contributed by atoms with Crippen molar-refractivity contribution in [1.29, 1.82) is 0 Å². The van der Waals surface area contributed by atoms with E-state index < -0.39 is 0 Å². The predicted molar refractivity (Wildman–Crippen MR) is 69.6 cm³/mol. The van der Waals surface area contributed by atoms with Crippen molar-refractivity contribution < 1.29 is 4.79 Å². The number of amides is 1. The van der Waals surface area contributed by atoms with Gasteiger partial charge in [-0.05, 0) is 30.2 Å². The van der Waals surface area contributed by atoms with Crippen LogP contribution in [0.25, 0.3) is 0 Å². The summed E-state index contributed by atoms with van der Waals surface area (Å²) in [4.78, 5) is 12.4. The normalized spacial score (nSPS) is 16.4. The first-order chi connectivity index (χ1) is 7.22. The molecule has 3 N–H and O–H groups in total.